The van der Waals surface area contributed by atoms with Gasteiger partial charge >= 0.3 is 6.18 Å². The molecule has 0 unspecified atom stereocenters. The third kappa shape index (κ3) is 4.21. The summed E-state index contributed by atoms with van der Waals surface area (Å²) in [6, 6.07) is 5.07. The number of hydrogen-bond donors (Lipinski definition) is 0. The van der Waals surface area contributed by atoms with Crippen LogP contribution in [0.3, 0.4) is 0 Å². The molecule has 0 aliphatic carbocycles. The van der Waals surface area contributed by atoms with Gasteiger partial charge in [-0.2, -0.15) is 18.3 Å². The van der Waals surface area contributed by atoms with Crippen molar-refractivity contribution in [3.8, 4) is 5.69 Å². The van der Waals surface area contributed by atoms with Crippen LogP contribution in [0.15, 0.2) is 30.5 Å². The number of para-hydroxylation sites is 1. The van der Waals surface area contributed by atoms with Crippen molar-refractivity contribution in [1.82, 2.24) is 19.6 Å². The summed E-state index contributed by atoms with van der Waals surface area (Å²) in [5, 5.41) is 3.72. The molecule has 0 radical (unpaired) electrons. The number of aromatic nitrogens is 2. The van der Waals surface area contributed by atoms with E-state index in [1.54, 1.807) is 0 Å². The number of alkyl halides is 3. The lowest BCUT2D eigenvalue weighted by Crippen LogP contribution is -2.41. The van der Waals surface area contributed by atoms with Crippen LogP contribution >= 0.6 is 0 Å². The molecule has 0 spiro atoms. The molecule has 5 nitrogen and oxygen atoms in total. The number of nitrogens with zero attached hydrogens (tertiary/aromatic N) is 4. The standard InChI is InChI=1S/C21H24F4N4O/c22-17-5-1-2-6-18(17)29-19(21(23,24)25)16(13-26-29)20(30)28-11-7-15(8-12-28)14-27-9-3-4-10-27/h1-2,5-6,13,15H,3-4,7-12,14H2. The minimum absolute atomic E-state index is 0.340. The summed E-state index contributed by atoms with van der Waals surface area (Å²) < 4.78 is 56.0. The van der Waals surface area contributed by atoms with Crippen molar-refractivity contribution in [2.75, 3.05) is 32.7 Å². The summed E-state index contributed by atoms with van der Waals surface area (Å²) in [6.07, 6.45) is 0.00888. The van der Waals surface area contributed by atoms with Crippen molar-refractivity contribution in [3.05, 3.63) is 47.5 Å². The molecule has 30 heavy (non-hydrogen) atoms. The van der Waals surface area contributed by atoms with E-state index < -0.39 is 29.2 Å². The Morgan fingerprint density at radius 3 is 2.37 bits per heavy atom. The van der Waals surface area contributed by atoms with Crippen molar-refractivity contribution in [3.63, 3.8) is 0 Å². The Kier molecular flexibility index (Phi) is 5.81. The molecular weight excluding hydrogens is 400 g/mol. The molecule has 0 N–H and O–H groups in total. The highest BCUT2D eigenvalue weighted by molar-refractivity contribution is 5.95. The Morgan fingerprint density at radius 1 is 1.07 bits per heavy atom. The quantitative estimate of drug-likeness (QED) is 0.698. The highest BCUT2D eigenvalue weighted by Gasteiger charge is 2.42. The fourth-order valence-corrected chi connectivity index (χ4v) is 4.40. The summed E-state index contributed by atoms with van der Waals surface area (Å²) in [5.74, 6) is -1.09. The van der Waals surface area contributed by atoms with E-state index in [1.807, 2.05) is 0 Å². The number of hydrogen-bond acceptors (Lipinski definition) is 3. The second kappa shape index (κ2) is 8.37. The maximum Gasteiger partial charge on any atom is 0.434 e. The van der Waals surface area contributed by atoms with Gasteiger partial charge in [0.05, 0.1) is 11.8 Å². The van der Waals surface area contributed by atoms with Crippen LogP contribution in [0.1, 0.15) is 41.7 Å². The Labute approximate surface area is 172 Å². The van der Waals surface area contributed by atoms with Crippen molar-refractivity contribution in [2.45, 2.75) is 31.9 Å². The first-order chi connectivity index (χ1) is 14.3. The van der Waals surface area contributed by atoms with Crippen molar-refractivity contribution in [1.29, 1.82) is 0 Å². The molecule has 2 aliphatic heterocycles. The molecule has 4 rings (SSSR count). The van der Waals surface area contributed by atoms with Crippen LogP contribution in [0.25, 0.3) is 5.69 Å². The average Bonchev–Trinajstić information content (AvgIpc) is 3.38. The van der Waals surface area contributed by atoms with Gasteiger partial charge in [-0.05, 0) is 56.8 Å². The zero-order valence-electron chi connectivity index (χ0n) is 16.5. The van der Waals surface area contributed by atoms with Crippen LogP contribution in [0.4, 0.5) is 17.6 Å². The van der Waals surface area contributed by atoms with Gasteiger partial charge in [-0.15, -0.1) is 0 Å². The molecule has 162 valence electrons. The van der Waals surface area contributed by atoms with E-state index in [-0.39, 0.29) is 5.69 Å². The highest BCUT2D eigenvalue weighted by atomic mass is 19.4. The van der Waals surface area contributed by atoms with Crippen LogP contribution in [0.2, 0.25) is 0 Å². The normalized spacial score (nSPS) is 18.9. The molecule has 1 aromatic heterocycles. The molecule has 1 amide bonds. The first-order valence-electron chi connectivity index (χ1n) is 10.3. The molecule has 2 fully saturated rings. The number of benzene rings is 1. The smallest absolute Gasteiger partial charge is 0.339 e. The lowest BCUT2D eigenvalue weighted by atomic mass is 9.95. The topological polar surface area (TPSA) is 41.4 Å². The third-order valence-corrected chi connectivity index (χ3v) is 5.97. The number of likely N-dealkylation sites (tertiary alicyclic amines) is 2. The fourth-order valence-electron chi connectivity index (χ4n) is 4.40. The lowest BCUT2D eigenvalue weighted by molar-refractivity contribution is -0.143. The molecule has 2 saturated heterocycles. The molecule has 0 bridgehead atoms. The first kappa shape index (κ1) is 20.8. The van der Waals surface area contributed by atoms with E-state index in [0.717, 1.165) is 44.7 Å². The summed E-state index contributed by atoms with van der Waals surface area (Å²) in [4.78, 5) is 16.8. The van der Waals surface area contributed by atoms with Crippen LogP contribution in [-0.2, 0) is 6.18 Å². The minimum Gasteiger partial charge on any atom is -0.339 e. The van der Waals surface area contributed by atoms with Crippen molar-refractivity contribution < 1.29 is 22.4 Å². The number of carbonyl (C=O) groups is 1. The van der Waals surface area contributed by atoms with Crippen LogP contribution in [0, 0.1) is 11.7 Å². The van der Waals surface area contributed by atoms with Crippen molar-refractivity contribution >= 4 is 5.91 Å². The molecule has 2 aliphatic rings. The van der Waals surface area contributed by atoms with Gasteiger partial charge in [0.15, 0.2) is 5.69 Å². The Hall–Kier alpha value is -2.42. The van der Waals surface area contributed by atoms with Gasteiger partial charge in [-0.3, -0.25) is 4.79 Å². The summed E-state index contributed by atoms with van der Waals surface area (Å²) in [7, 11) is 0. The van der Waals surface area contributed by atoms with E-state index >= 15 is 0 Å². The number of rotatable bonds is 4. The maximum atomic E-state index is 14.1. The van der Waals surface area contributed by atoms with Crippen LogP contribution < -0.4 is 0 Å². The van der Waals surface area contributed by atoms with E-state index in [2.05, 4.69) is 10.00 Å². The predicted octanol–water partition coefficient (Wildman–Crippen LogP) is 3.98. The second-order valence-electron chi connectivity index (χ2n) is 8.01. The molecule has 2 aromatic rings. The lowest BCUT2D eigenvalue weighted by Gasteiger charge is -2.34. The van der Waals surface area contributed by atoms with Gasteiger partial charge in [0, 0.05) is 19.6 Å². The highest BCUT2D eigenvalue weighted by Crippen LogP contribution is 2.35. The van der Waals surface area contributed by atoms with Gasteiger partial charge in [0.1, 0.15) is 11.5 Å². The van der Waals surface area contributed by atoms with E-state index in [4.69, 9.17) is 0 Å². The van der Waals surface area contributed by atoms with E-state index in [1.165, 1.54) is 35.9 Å². The maximum absolute atomic E-state index is 14.1. The SMILES string of the molecule is O=C(c1cnn(-c2ccccc2F)c1C(F)(F)F)N1CCC(CN2CCCC2)CC1. The Morgan fingerprint density at radius 2 is 1.73 bits per heavy atom. The summed E-state index contributed by atoms with van der Waals surface area (Å²) in [5.41, 5.74) is -2.12. The molecular formula is C21H24F4N4O. The van der Waals surface area contributed by atoms with Gasteiger partial charge in [0.25, 0.3) is 5.91 Å². The average molecular weight is 424 g/mol. The van der Waals surface area contributed by atoms with Crippen LogP contribution in [-0.4, -0.2) is 58.2 Å². The molecule has 0 saturated carbocycles. The summed E-state index contributed by atoms with van der Waals surface area (Å²) >= 11 is 0. The van der Waals surface area contributed by atoms with Crippen LogP contribution in [0.5, 0.6) is 0 Å². The van der Waals surface area contributed by atoms with Gasteiger partial charge in [0.2, 0.25) is 0 Å². The predicted molar refractivity (Wildman–Crippen MR) is 103 cm³/mol. The monoisotopic (exact) mass is 424 g/mol. The molecule has 9 heteroatoms. The number of amides is 1. The second-order valence-corrected chi connectivity index (χ2v) is 8.01. The number of halogens is 4. The third-order valence-electron chi connectivity index (χ3n) is 5.97. The Balaban J connectivity index is 1.52. The summed E-state index contributed by atoms with van der Waals surface area (Å²) in [6.45, 7) is 4.02. The zero-order valence-corrected chi connectivity index (χ0v) is 16.5. The fraction of sp³-hybridized carbons (Fsp3) is 0.524. The largest absolute Gasteiger partial charge is 0.434 e. The van der Waals surface area contributed by atoms with Gasteiger partial charge < -0.3 is 9.80 Å². The number of carbonyl (C=O) groups excluding carboxylic acids is 1. The molecule has 0 atom stereocenters. The van der Waals surface area contributed by atoms with E-state index in [0.29, 0.717) is 23.7 Å². The first-order valence-corrected chi connectivity index (χ1v) is 10.3. The number of piperidine rings is 1. The Bertz CT molecular complexity index is 897. The van der Waals surface area contributed by atoms with Crippen molar-refractivity contribution in [2.24, 2.45) is 5.92 Å². The van der Waals surface area contributed by atoms with Gasteiger partial charge in [-0.25, -0.2) is 9.07 Å². The molecule has 1 aromatic carbocycles. The minimum atomic E-state index is -4.85. The van der Waals surface area contributed by atoms with Gasteiger partial charge in [-0.1, -0.05) is 12.1 Å². The molecule has 3 heterocycles. The zero-order chi connectivity index (χ0) is 21.3. The van der Waals surface area contributed by atoms with E-state index in [9.17, 15) is 22.4 Å².